The van der Waals surface area contributed by atoms with Crippen molar-refractivity contribution in [3.63, 3.8) is 0 Å². The molecule has 11 heteroatoms. The number of hydrogen-bond acceptors (Lipinski definition) is 7. The summed E-state index contributed by atoms with van der Waals surface area (Å²) in [6, 6.07) is 5.71. The van der Waals surface area contributed by atoms with Crippen molar-refractivity contribution < 1.29 is 30.7 Å². The van der Waals surface area contributed by atoms with Gasteiger partial charge in [0.25, 0.3) is 20.2 Å². The molecule has 1 atom stereocenters. The zero-order valence-electron chi connectivity index (χ0n) is 23.1. The normalized spacial score (nSPS) is 23.4. The molecule has 2 aromatic carbocycles. The Balaban J connectivity index is 1.48. The zero-order chi connectivity index (χ0) is 29.0. The van der Waals surface area contributed by atoms with E-state index in [0.717, 1.165) is 112 Å². The Kier molecular flexibility index (Phi) is 5.88. The number of ether oxygens (including phenoxy) is 1. The molecule has 2 fully saturated rings. The number of anilines is 1. The van der Waals surface area contributed by atoms with Gasteiger partial charge in [-0.2, -0.15) is 16.8 Å². The van der Waals surface area contributed by atoms with Gasteiger partial charge in [0, 0.05) is 46.6 Å². The van der Waals surface area contributed by atoms with Crippen LogP contribution in [0.15, 0.2) is 62.6 Å². The van der Waals surface area contributed by atoms with E-state index in [0.29, 0.717) is 5.57 Å². The molecule has 8 rings (SSSR count). The van der Waals surface area contributed by atoms with Crippen LogP contribution in [-0.4, -0.2) is 63.1 Å². The maximum Gasteiger partial charge on any atom is 0.295 e. The minimum atomic E-state index is -4.88. The van der Waals surface area contributed by atoms with Gasteiger partial charge in [-0.1, -0.05) is 6.07 Å². The average molecular weight is 609 g/mol. The lowest BCUT2D eigenvalue weighted by Gasteiger charge is -2.47. The van der Waals surface area contributed by atoms with E-state index in [-0.39, 0.29) is 11.6 Å². The van der Waals surface area contributed by atoms with E-state index in [1.54, 1.807) is 0 Å². The largest absolute Gasteiger partial charge is 0.456 e. The van der Waals surface area contributed by atoms with Crippen molar-refractivity contribution in [2.75, 3.05) is 31.1 Å². The smallest absolute Gasteiger partial charge is 0.295 e. The Hall–Kier alpha value is -2.96. The molecule has 0 radical (unpaired) electrons. The first-order valence-electron chi connectivity index (χ1n) is 14.7. The van der Waals surface area contributed by atoms with E-state index in [9.17, 15) is 25.9 Å². The third-order valence-corrected chi connectivity index (χ3v) is 11.5. The van der Waals surface area contributed by atoms with E-state index in [4.69, 9.17) is 4.74 Å². The number of fused-ring (bicyclic) bond motifs is 3. The lowest BCUT2D eigenvalue weighted by molar-refractivity contribution is 0.178. The summed E-state index contributed by atoms with van der Waals surface area (Å²) < 4.78 is 76.8. The minimum absolute atomic E-state index is 0.169. The maximum absolute atomic E-state index is 12.8. The van der Waals surface area contributed by atoms with Gasteiger partial charge in [0.05, 0.1) is 10.9 Å². The number of hydrogen-bond donors (Lipinski definition) is 2. The van der Waals surface area contributed by atoms with E-state index in [1.807, 2.05) is 0 Å². The van der Waals surface area contributed by atoms with Crippen LogP contribution < -0.4 is 9.64 Å². The van der Waals surface area contributed by atoms with Crippen LogP contribution >= 0.6 is 0 Å². The summed E-state index contributed by atoms with van der Waals surface area (Å²) in [6.07, 6.45) is 9.74. The van der Waals surface area contributed by atoms with Crippen LogP contribution in [0.1, 0.15) is 60.8 Å². The summed E-state index contributed by atoms with van der Waals surface area (Å²) in [4.78, 5) is 3.80. The molecule has 5 aliphatic heterocycles. The first-order chi connectivity index (χ1) is 20.1. The molecule has 6 aliphatic rings. The Morgan fingerprint density at radius 1 is 0.810 bits per heavy atom. The van der Waals surface area contributed by atoms with Crippen LogP contribution in [0.4, 0.5) is 5.69 Å². The van der Waals surface area contributed by atoms with Crippen molar-refractivity contribution in [3.8, 4) is 5.75 Å². The molecule has 2 N–H and O–H groups in total. The molecule has 220 valence electrons. The molecule has 9 nitrogen and oxygen atoms in total. The third kappa shape index (κ3) is 3.97. The molecule has 0 spiro atoms. The van der Waals surface area contributed by atoms with Crippen LogP contribution in [0.5, 0.6) is 5.75 Å². The SMILES string of the molecule is O=S(=O)(O)c1ccc(C2=C3C=C4CCCN5CCCC(=C3Oc3c2cc2c6c3CCCN6CCC2)C45)c(S(=O)(=O)O)c1. The van der Waals surface area contributed by atoms with E-state index >= 15 is 0 Å². The predicted octanol–water partition coefficient (Wildman–Crippen LogP) is 4.53. The van der Waals surface area contributed by atoms with Gasteiger partial charge in [-0.3, -0.25) is 14.0 Å². The van der Waals surface area contributed by atoms with Crippen molar-refractivity contribution >= 4 is 31.5 Å². The average Bonchev–Trinajstić information content (AvgIpc) is 2.96. The van der Waals surface area contributed by atoms with Crippen molar-refractivity contribution in [1.29, 1.82) is 0 Å². The first kappa shape index (κ1) is 26.7. The van der Waals surface area contributed by atoms with Crippen molar-refractivity contribution in [2.24, 2.45) is 0 Å². The number of piperidine rings is 2. The molecule has 0 bridgehead atoms. The number of allylic oxidation sites excluding steroid dienone is 1. The van der Waals surface area contributed by atoms with E-state index < -0.39 is 30.0 Å². The fraction of sp³-hybridized carbons (Fsp3) is 0.419. The molecule has 5 heterocycles. The molecule has 0 saturated carbocycles. The quantitative estimate of drug-likeness (QED) is 0.484. The molecule has 0 amide bonds. The number of aryl methyl sites for hydroxylation is 1. The lowest BCUT2D eigenvalue weighted by Crippen LogP contribution is -2.47. The number of nitrogens with zero attached hydrogens (tertiary/aromatic N) is 2. The summed E-state index contributed by atoms with van der Waals surface area (Å²) in [7, 11) is -9.59. The Morgan fingerprint density at radius 3 is 2.31 bits per heavy atom. The monoisotopic (exact) mass is 608 g/mol. The second-order valence-electron chi connectivity index (χ2n) is 12.2. The van der Waals surface area contributed by atoms with Gasteiger partial charge in [-0.25, -0.2) is 0 Å². The molecular weight excluding hydrogens is 576 g/mol. The van der Waals surface area contributed by atoms with Crippen molar-refractivity contribution in [2.45, 2.75) is 67.2 Å². The van der Waals surface area contributed by atoms with Gasteiger partial charge in [0.2, 0.25) is 0 Å². The van der Waals surface area contributed by atoms with Gasteiger partial charge in [0.1, 0.15) is 16.4 Å². The van der Waals surface area contributed by atoms with E-state index in [2.05, 4.69) is 21.9 Å². The predicted molar refractivity (Wildman–Crippen MR) is 157 cm³/mol. The van der Waals surface area contributed by atoms with E-state index in [1.165, 1.54) is 34.5 Å². The minimum Gasteiger partial charge on any atom is -0.456 e. The summed E-state index contributed by atoms with van der Waals surface area (Å²) in [5.74, 6) is 1.48. The molecule has 2 saturated heterocycles. The first-order valence-corrected chi connectivity index (χ1v) is 17.6. The summed E-state index contributed by atoms with van der Waals surface area (Å²) in [5.41, 5.74) is 8.37. The molecular formula is C31H32N2O7S2. The van der Waals surface area contributed by atoms with Crippen LogP contribution in [0.3, 0.4) is 0 Å². The zero-order valence-corrected chi connectivity index (χ0v) is 24.7. The van der Waals surface area contributed by atoms with Crippen molar-refractivity contribution in [1.82, 2.24) is 4.90 Å². The molecule has 2 aromatic rings. The lowest BCUT2D eigenvalue weighted by atomic mass is 9.75. The van der Waals surface area contributed by atoms with Crippen LogP contribution in [0, 0.1) is 0 Å². The van der Waals surface area contributed by atoms with Gasteiger partial charge in [0.15, 0.2) is 0 Å². The Bertz CT molecular complexity index is 1890. The molecule has 1 unspecified atom stereocenters. The summed E-state index contributed by atoms with van der Waals surface area (Å²) in [5, 5.41) is 0. The highest BCUT2D eigenvalue weighted by Gasteiger charge is 2.43. The maximum atomic E-state index is 12.8. The number of benzene rings is 2. The van der Waals surface area contributed by atoms with Gasteiger partial charge in [-0.05, 0) is 105 Å². The Morgan fingerprint density at radius 2 is 1.55 bits per heavy atom. The fourth-order valence-electron chi connectivity index (χ4n) is 8.15. The second-order valence-corrected chi connectivity index (χ2v) is 15.0. The highest BCUT2D eigenvalue weighted by atomic mass is 32.2. The Labute approximate surface area is 245 Å². The highest BCUT2D eigenvalue weighted by Crippen LogP contribution is 2.54. The number of rotatable bonds is 3. The van der Waals surface area contributed by atoms with Crippen LogP contribution in [0.25, 0.3) is 5.57 Å². The highest BCUT2D eigenvalue weighted by molar-refractivity contribution is 7.86. The third-order valence-electron chi connectivity index (χ3n) is 9.73. The summed E-state index contributed by atoms with van der Waals surface area (Å²) >= 11 is 0. The molecule has 1 aliphatic carbocycles. The molecule has 0 aromatic heterocycles. The van der Waals surface area contributed by atoms with Crippen molar-refractivity contribution in [3.05, 3.63) is 75.1 Å². The second kappa shape index (κ2) is 9.27. The standard InChI is InChI=1S/C31H32N2O7S2/c34-41(35,36)20-9-10-21(26(17-20)42(37,38)39)27-24-15-18-5-1-11-32-13-3-7-22(28(18)32)30(24)40-31-23-8-4-14-33-12-2-6-19(29(23)33)16-25(27)31/h9-10,15-17,28H,1-8,11-14H2,(H,34,35,36)(H,37,38,39). The topological polar surface area (TPSA) is 124 Å². The van der Waals surface area contributed by atoms with Gasteiger partial charge >= 0.3 is 0 Å². The fourth-order valence-corrected chi connectivity index (χ4v) is 9.46. The van der Waals surface area contributed by atoms with Gasteiger partial charge in [-0.15, -0.1) is 0 Å². The van der Waals surface area contributed by atoms with Crippen LogP contribution in [-0.2, 0) is 33.1 Å². The van der Waals surface area contributed by atoms with Gasteiger partial charge < -0.3 is 9.64 Å². The summed E-state index contributed by atoms with van der Waals surface area (Å²) in [6.45, 7) is 4.04. The molecule has 42 heavy (non-hydrogen) atoms. The van der Waals surface area contributed by atoms with Crippen LogP contribution in [0.2, 0.25) is 0 Å².